The molecule has 0 bridgehead atoms. The van der Waals surface area contributed by atoms with Crippen molar-refractivity contribution in [2.45, 2.75) is 38.5 Å². The summed E-state index contributed by atoms with van der Waals surface area (Å²) in [5, 5.41) is 19.5. The Kier molecular flexibility index (Phi) is 6.29. The van der Waals surface area contributed by atoms with Crippen LogP contribution >= 0.6 is 23.2 Å². The highest BCUT2D eigenvalue weighted by atomic mass is 35.5. The molecule has 0 saturated carbocycles. The largest absolute Gasteiger partial charge is 0.377 e. The van der Waals surface area contributed by atoms with Gasteiger partial charge in [-0.05, 0) is 49.1 Å². The minimum Gasteiger partial charge on any atom is -0.377 e. The van der Waals surface area contributed by atoms with Gasteiger partial charge in [0.25, 0.3) is 5.91 Å². The zero-order valence-electron chi connectivity index (χ0n) is 16.6. The van der Waals surface area contributed by atoms with Gasteiger partial charge in [0, 0.05) is 17.5 Å². The lowest BCUT2D eigenvalue weighted by molar-refractivity contribution is -0.128. The first-order chi connectivity index (χ1) is 14.5. The summed E-state index contributed by atoms with van der Waals surface area (Å²) in [6.45, 7) is 2.59. The fraction of sp³-hybridized carbons (Fsp3) is 0.364. The number of aliphatic hydroxyl groups excluding tert-OH is 1. The Balaban J connectivity index is 1.67. The second-order valence-electron chi connectivity index (χ2n) is 7.68. The Morgan fingerprint density at radius 3 is 2.57 bits per heavy atom. The summed E-state index contributed by atoms with van der Waals surface area (Å²) in [7, 11) is 0. The number of hydrogen-bond acceptors (Lipinski definition) is 5. The maximum absolute atomic E-state index is 13.1. The Labute approximate surface area is 186 Å². The van der Waals surface area contributed by atoms with E-state index in [1.807, 2.05) is 49.4 Å². The third kappa shape index (κ3) is 4.18. The van der Waals surface area contributed by atoms with Crippen molar-refractivity contribution in [3.8, 4) is 0 Å². The van der Waals surface area contributed by atoms with E-state index in [4.69, 9.17) is 23.2 Å². The second kappa shape index (κ2) is 8.94. The fourth-order valence-corrected chi connectivity index (χ4v) is 4.39. The van der Waals surface area contributed by atoms with E-state index < -0.39 is 6.23 Å². The van der Waals surface area contributed by atoms with Crippen molar-refractivity contribution in [1.29, 1.82) is 0 Å². The summed E-state index contributed by atoms with van der Waals surface area (Å²) in [5.74, 6) is -0.513. The molecular weight excluding hydrogens is 423 g/mol. The highest BCUT2D eigenvalue weighted by Crippen LogP contribution is 2.41. The lowest BCUT2D eigenvalue weighted by Crippen LogP contribution is -2.53. The molecular formula is C22H24Cl2N4O2. The number of nitrogens with zero attached hydrogens (tertiary/aromatic N) is 3. The number of hydrogen-bond donors (Lipinski definition) is 2. The summed E-state index contributed by atoms with van der Waals surface area (Å²) in [6.07, 6.45) is 1.84. The number of rotatable bonds is 4. The first kappa shape index (κ1) is 21.1. The van der Waals surface area contributed by atoms with Crippen molar-refractivity contribution in [3.63, 3.8) is 0 Å². The van der Waals surface area contributed by atoms with Crippen LogP contribution in [0.25, 0.3) is 0 Å². The summed E-state index contributed by atoms with van der Waals surface area (Å²) >= 11 is 12.5. The van der Waals surface area contributed by atoms with Gasteiger partial charge in [-0.3, -0.25) is 15.2 Å². The van der Waals surface area contributed by atoms with Gasteiger partial charge in [0.15, 0.2) is 0 Å². The number of benzene rings is 2. The zero-order chi connectivity index (χ0) is 21.3. The molecule has 0 radical (unpaired) electrons. The number of anilines is 1. The van der Waals surface area contributed by atoms with E-state index in [-0.39, 0.29) is 17.9 Å². The molecule has 1 amide bonds. The van der Waals surface area contributed by atoms with Gasteiger partial charge in [-0.25, -0.2) is 0 Å². The van der Waals surface area contributed by atoms with Gasteiger partial charge < -0.3 is 5.11 Å². The second-order valence-corrected chi connectivity index (χ2v) is 8.52. The number of halogens is 2. The molecule has 1 saturated heterocycles. The molecule has 0 spiro atoms. The lowest BCUT2D eigenvalue weighted by atomic mass is 9.91. The number of aliphatic hydroxyl groups is 1. The quantitative estimate of drug-likeness (QED) is 0.730. The van der Waals surface area contributed by atoms with Crippen LogP contribution < -0.4 is 10.4 Å². The minimum atomic E-state index is -0.674. The number of carbonyl (C=O) groups excluding carboxylic acids is 1. The summed E-state index contributed by atoms with van der Waals surface area (Å²) in [4.78, 5) is 13.1. The van der Waals surface area contributed by atoms with Crippen LogP contribution in [0.4, 0.5) is 5.69 Å². The minimum absolute atomic E-state index is 0.204. The molecule has 6 nitrogen and oxygen atoms in total. The molecule has 8 heteroatoms. The average molecular weight is 447 g/mol. The lowest BCUT2D eigenvalue weighted by Gasteiger charge is -2.32. The van der Waals surface area contributed by atoms with Gasteiger partial charge in [0.2, 0.25) is 0 Å². The fourth-order valence-electron chi connectivity index (χ4n) is 4.05. The van der Waals surface area contributed by atoms with Crippen molar-refractivity contribution in [2.24, 2.45) is 11.0 Å². The highest BCUT2D eigenvalue weighted by Gasteiger charge is 2.40. The van der Waals surface area contributed by atoms with Crippen molar-refractivity contribution in [3.05, 3.63) is 64.1 Å². The van der Waals surface area contributed by atoms with Gasteiger partial charge in [-0.15, -0.1) is 0 Å². The van der Waals surface area contributed by atoms with E-state index in [1.165, 1.54) is 0 Å². The standard InChI is InChI=1S/C22H24Cl2N4O2/c1-14-20(22(30)26-27-13-5-4-8-19(27)29)25-28(18-7-3-2-6-17(18)24)21(14)15-9-11-16(23)12-10-15/h2-3,6-7,9-12,14,19,21,29H,4-5,8,13H2,1H3,(H,26,30)/t14-,19?,21+/m1/s1. The van der Waals surface area contributed by atoms with Crippen molar-refractivity contribution >= 4 is 40.5 Å². The Hall–Kier alpha value is -2.12. The van der Waals surface area contributed by atoms with Crippen LogP contribution in [0.1, 0.15) is 37.8 Å². The van der Waals surface area contributed by atoms with E-state index in [1.54, 1.807) is 16.1 Å². The van der Waals surface area contributed by atoms with Crippen LogP contribution in [0.2, 0.25) is 10.0 Å². The van der Waals surface area contributed by atoms with E-state index in [0.717, 1.165) is 24.1 Å². The number of amides is 1. The van der Waals surface area contributed by atoms with E-state index in [2.05, 4.69) is 10.5 Å². The SMILES string of the molecule is C[C@@H]1C(C(=O)NN2CCCCC2O)=NN(c2ccccc2Cl)[C@@H]1c1ccc(Cl)cc1. The number of piperidine rings is 1. The van der Waals surface area contributed by atoms with Gasteiger partial charge >= 0.3 is 0 Å². The molecule has 2 aliphatic rings. The maximum Gasteiger partial charge on any atom is 0.282 e. The number of hydrazone groups is 1. The molecule has 0 aromatic heterocycles. The summed E-state index contributed by atoms with van der Waals surface area (Å²) in [6, 6.07) is 14.8. The molecule has 30 heavy (non-hydrogen) atoms. The van der Waals surface area contributed by atoms with Crippen LogP contribution in [-0.2, 0) is 4.79 Å². The third-order valence-electron chi connectivity index (χ3n) is 5.64. The molecule has 2 aromatic rings. The molecule has 2 aromatic carbocycles. The van der Waals surface area contributed by atoms with Crippen molar-refractivity contribution in [2.75, 3.05) is 11.6 Å². The summed E-state index contributed by atoms with van der Waals surface area (Å²) in [5.41, 5.74) is 4.95. The van der Waals surface area contributed by atoms with Crippen LogP contribution in [-0.4, -0.2) is 34.5 Å². The van der Waals surface area contributed by atoms with E-state index in [0.29, 0.717) is 28.7 Å². The van der Waals surface area contributed by atoms with Gasteiger partial charge in [0.1, 0.15) is 11.9 Å². The molecule has 0 aliphatic carbocycles. The maximum atomic E-state index is 13.1. The number of carbonyl (C=O) groups is 1. The molecule has 3 atom stereocenters. The molecule has 158 valence electrons. The zero-order valence-corrected chi connectivity index (χ0v) is 18.1. The first-order valence-electron chi connectivity index (χ1n) is 10.1. The normalized spacial score (nSPS) is 24.6. The molecule has 2 aliphatic heterocycles. The Morgan fingerprint density at radius 2 is 1.87 bits per heavy atom. The first-order valence-corrected chi connectivity index (χ1v) is 10.8. The predicted octanol–water partition coefficient (Wildman–Crippen LogP) is 4.38. The van der Waals surface area contributed by atoms with E-state index in [9.17, 15) is 9.90 Å². The Morgan fingerprint density at radius 1 is 1.13 bits per heavy atom. The number of para-hydroxylation sites is 1. The molecule has 2 N–H and O–H groups in total. The molecule has 1 unspecified atom stereocenters. The number of nitrogens with one attached hydrogen (secondary N) is 1. The molecule has 1 fully saturated rings. The van der Waals surface area contributed by atoms with Crippen LogP contribution in [0.15, 0.2) is 53.6 Å². The average Bonchev–Trinajstić information content (AvgIpc) is 3.08. The topological polar surface area (TPSA) is 68.2 Å². The monoisotopic (exact) mass is 446 g/mol. The van der Waals surface area contributed by atoms with Crippen LogP contribution in [0.5, 0.6) is 0 Å². The number of hydrazine groups is 1. The van der Waals surface area contributed by atoms with Crippen molar-refractivity contribution < 1.29 is 9.90 Å². The van der Waals surface area contributed by atoms with Crippen LogP contribution in [0.3, 0.4) is 0 Å². The molecule has 4 rings (SSSR count). The van der Waals surface area contributed by atoms with Crippen LogP contribution in [0, 0.1) is 5.92 Å². The smallest absolute Gasteiger partial charge is 0.282 e. The molecule has 2 heterocycles. The Bertz CT molecular complexity index is 950. The predicted molar refractivity (Wildman–Crippen MR) is 119 cm³/mol. The highest BCUT2D eigenvalue weighted by molar-refractivity contribution is 6.40. The van der Waals surface area contributed by atoms with Gasteiger partial charge in [0.05, 0.1) is 16.8 Å². The van der Waals surface area contributed by atoms with E-state index >= 15 is 0 Å². The van der Waals surface area contributed by atoms with Gasteiger partial charge in [-0.2, -0.15) is 10.1 Å². The van der Waals surface area contributed by atoms with Crippen molar-refractivity contribution in [1.82, 2.24) is 10.4 Å². The van der Waals surface area contributed by atoms with Gasteiger partial charge in [-0.1, -0.05) is 54.4 Å². The summed E-state index contributed by atoms with van der Waals surface area (Å²) < 4.78 is 0. The third-order valence-corrected chi connectivity index (χ3v) is 6.22.